The second-order valence-electron chi connectivity index (χ2n) is 6.79. The zero-order chi connectivity index (χ0) is 18.4. The van der Waals surface area contributed by atoms with E-state index in [1.165, 1.54) is 19.3 Å². The summed E-state index contributed by atoms with van der Waals surface area (Å²) in [7, 11) is 0. The zero-order valence-electron chi connectivity index (χ0n) is 15.2. The number of benzene rings is 1. The highest BCUT2D eigenvalue weighted by Gasteiger charge is 2.22. The number of hydrogen-bond donors (Lipinski definition) is 1. The Balaban J connectivity index is 1.60. The fourth-order valence-electron chi connectivity index (χ4n) is 3.52. The number of carbonyl (C=O) groups is 1. The van der Waals surface area contributed by atoms with Crippen LogP contribution in [0.25, 0.3) is 0 Å². The summed E-state index contributed by atoms with van der Waals surface area (Å²) in [5, 5.41) is 3.73. The minimum atomic E-state index is -0.0485. The van der Waals surface area contributed by atoms with Gasteiger partial charge in [0, 0.05) is 35.9 Å². The molecule has 1 aliphatic rings. The molecule has 1 aromatic carbocycles. The summed E-state index contributed by atoms with van der Waals surface area (Å²) < 4.78 is 0. The van der Waals surface area contributed by atoms with Crippen molar-refractivity contribution < 1.29 is 4.79 Å². The third-order valence-corrected chi connectivity index (χ3v) is 5.26. The van der Waals surface area contributed by atoms with Crippen molar-refractivity contribution in [3.05, 3.63) is 58.7 Å². The highest BCUT2D eigenvalue weighted by Crippen LogP contribution is 2.25. The lowest BCUT2D eigenvalue weighted by Crippen LogP contribution is -2.39. The van der Waals surface area contributed by atoms with Gasteiger partial charge in [-0.3, -0.25) is 4.79 Å². The molecule has 1 saturated heterocycles. The van der Waals surface area contributed by atoms with E-state index in [0.29, 0.717) is 18.2 Å². The standard InChI is InChI=1S/C21H26ClN3O/c1-2-19-5-3-4-14-25(19)20-15-17(11-13-23-20)21(26)24-12-10-16-6-8-18(22)9-7-16/h6-9,11,13,15,19H,2-5,10,12,14H2,1H3,(H,24,26). The molecule has 1 amide bonds. The number of anilines is 1. The summed E-state index contributed by atoms with van der Waals surface area (Å²) in [4.78, 5) is 19.4. The van der Waals surface area contributed by atoms with Crippen LogP contribution in [0, 0.1) is 0 Å². The van der Waals surface area contributed by atoms with Crippen molar-refractivity contribution in [1.82, 2.24) is 10.3 Å². The molecule has 0 saturated carbocycles. The molecule has 3 rings (SSSR count). The Morgan fingerprint density at radius 2 is 2.08 bits per heavy atom. The maximum absolute atomic E-state index is 12.5. The molecule has 5 heteroatoms. The first-order valence-electron chi connectivity index (χ1n) is 9.42. The van der Waals surface area contributed by atoms with Crippen molar-refractivity contribution in [2.24, 2.45) is 0 Å². The molecule has 4 nitrogen and oxygen atoms in total. The second kappa shape index (κ2) is 9.04. The van der Waals surface area contributed by atoms with Crippen LogP contribution in [0.3, 0.4) is 0 Å². The molecule has 1 fully saturated rings. The van der Waals surface area contributed by atoms with Crippen molar-refractivity contribution in [1.29, 1.82) is 0 Å². The van der Waals surface area contributed by atoms with Crippen LogP contribution >= 0.6 is 11.6 Å². The lowest BCUT2D eigenvalue weighted by atomic mass is 10.00. The monoisotopic (exact) mass is 371 g/mol. The van der Waals surface area contributed by atoms with Crippen molar-refractivity contribution in [3.63, 3.8) is 0 Å². The Labute approximate surface area is 160 Å². The molecule has 138 valence electrons. The number of nitrogens with zero attached hydrogens (tertiary/aromatic N) is 2. The van der Waals surface area contributed by atoms with Crippen LogP contribution in [0.1, 0.15) is 48.5 Å². The normalized spacial score (nSPS) is 17.2. The number of halogens is 1. The Hall–Kier alpha value is -2.07. The zero-order valence-corrected chi connectivity index (χ0v) is 16.0. The van der Waals surface area contributed by atoms with Gasteiger partial charge in [0.2, 0.25) is 0 Å². The summed E-state index contributed by atoms with van der Waals surface area (Å²) in [6.45, 7) is 3.84. The highest BCUT2D eigenvalue weighted by molar-refractivity contribution is 6.30. The molecular formula is C21H26ClN3O. The van der Waals surface area contributed by atoms with Gasteiger partial charge in [0.05, 0.1) is 0 Å². The first kappa shape index (κ1) is 18.7. The van der Waals surface area contributed by atoms with Crippen LogP contribution in [-0.2, 0) is 6.42 Å². The van der Waals surface area contributed by atoms with Crippen LogP contribution in [0.15, 0.2) is 42.6 Å². The molecule has 1 atom stereocenters. The van der Waals surface area contributed by atoms with Gasteiger partial charge in [-0.05, 0) is 61.9 Å². The maximum Gasteiger partial charge on any atom is 0.251 e. The van der Waals surface area contributed by atoms with Crippen molar-refractivity contribution >= 4 is 23.3 Å². The van der Waals surface area contributed by atoms with E-state index in [1.54, 1.807) is 12.3 Å². The predicted octanol–water partition coefficient (Wildman–Crippen LogP) is 4.48. The molecule has 0 bridgehead atoms. The molecule has 2 heterocycles. The van der Waals surface area contributed by atoms with Crippen molar-refractivity contribution in [2.75, 3.05) is 18.0 Å². The smallest absolute Gasteiger partial charge is 0.251 e. The second-order valence-corrected chi connectivity index (χ2v) is 7.22. The van der Waals surface area contributed by atoms with Gasteiger partial charge in [0.15, 0.2) is 0 Å². The lowest BCUT2D eigenvalue weighted by molar-refractivity contribution is 0.0954. The van der Waals surface area contributed by atoms with Gasteiger partial charge in [-0.1, -0.05) is 30.7 Å². The molecule has 2 aromatic rings. The molecule has 1 aliphatic heterocycles. The largest absolute Gasteiger partial charge is 0.354 e. The van der Waals surface area contributed by atoms with Crippen LogP contribution in [0.2, 0.25) is 5.02 Å². The van der Waals surface area contributed by atoms with Crippen LogP contribution in [-0.4, -0.2) is 30.0 Å². The number of amides is 1. The third kappa shape index (κ3) is 4.76. The average Bonchev–Trinajstić information content (AvgIpc) is 2.69. The van der Waals surface area contributed by atoms with E-state index in [2.05, 4.69) is 22.1 Å². The van der Waals surface area contributed by atoms with Crippen LogP contribution in [0.4, 0.5) is 5.82 Å². The summed E-state index contributed by atoms with van der Waals surface area (Å²) in [6.07, 6.45) is 7.31. The van der Waals surface area contributed by atoms with Crippen LogP contribution in [0.5, 0.6) is 0 Å². The van der Waals surface area contributed by atoms with Crippen molar-refractivity contribution in [2.45, 2.75) is 45.1 Å². The third-order valence-electron chi connectivity index (χ3n) is 5.01. The first-order valence-corrected chi connectivity index (χ1v) is 9.80. The van der Waals surface area contributed by atoms with Gasteiger partial charge < -0.3 is 10.2 Å². The van der Waals surface area contributed by atoms with Gasteiger partial charge in [0.1, 0.15) is 5.82 Å². The Morgan fingerprint density at radius 3 is 2.85 bits per heavy atom. The molecule has 1 unspecified atom stereocenters. The first-order chi connectivity index (χ1) is 12.7. The molecule has 0 radical (unpaired) electrons. The Kier molecular flexibility index (Phi) is 6.51. The predicted molar refractivity (Wildman–Crippen MR) is 107 cm³/mol. The van der Waals surface area contributed by atoms with Gasteiger partial charge in [-0.25, -0.2) is 4.98 Å². The molecule has 26 heavy (non-hydrogen) atoms. The molecule has 0 aliphatic carbocycles. The Bertz CT molecular complexity index is 732. The van der Waals surface area contributed by atoms with E-state index < -0.39 is 0 Å². The van der Waals surface area contributed by atoms with Crippen LogP contribution < -0.4 is 10.2 Å². The fourth-order valence-corrected chi connectivity index (χ4v) is 3.64. The highest BCUT2D eigenvalue weighted by atomic mass is 35.5. The number of piperidine rings is 1. The molecule has 1 N–H and O–H groups in total. The molecular weight excluding hydrogens is 346 g/mol. The van der Waals surface area contributed by atoms with E-state index >= 15 is 0 Å². The summed E-state index contributed by atoms with van der Waals surface area (Å²) in [5.41, 5.74) is 1.83. The number of pyridine rings is 1. The van der Waals surface area contributed by atoms with E-state index in [-0.39, 0.29) is 5.91 Å². The van der Waals surface area contributed by atoms with E-state index in [9.17, 15) is 4.79 Å². The maximum atomic E-state index is 12.5. The minimum Gasteiger partial charge on any atom is -0.354 e. The van der Waals surface area contributed by atoms with Gasteiger partial charge in [0.25, 0.3) is 5.91 Å². The lowest BCUT2D eigenvalue weighted by Gasteiger charge is -2.36. The van der Waals surface area contributed by atoms with E-state index in [4.69, 9.17) is 11.6 Å². The molecule has 1 aromatic heterocycles. The molecule has 0 spiro atoms. The summed E-state index contributed by atoms with van der Waals surface area (Å²) in [6, 6.07) is 11.9. The number of aromatic nitrogens is 1. The van der Waals surface area contributed by atoms with Crippen molar-refractivity contribution in [3.8, 4) is 0 Å². The average molecular weight is 372 g/mol. The number of rotatable bonds is 6. The summed E-state index contributed by atoms with van der Waals surface area (Å²) in [5.74, 6) is 0.870. The Morgan fingerprint density at radius 1 is 1.27 bits per heavy atom. The summed E-state index contributed by atoms with van der Waals surface area (Å²) >= 11 is 5.90. The SMILES string of the molecule is CCC1CCCCN1c1cc(C(=O)NCCc2ccc(Cl)cc2)ccn1. The van der Waals surface area contributed by atoms with Gasteiger partial charge >= 0.3 is 0 Å². The van der Waals surface area contributed by atoms with Gasteiger partial charge in [-0.2, -0.15) is 0 Å². The fraction of sp³-hybridized carbons (Fsp3) is 0.429. The van der Waals surface area contributed by atoms with E-state index in [0.717, 1.165) is 35.8 Å². The van der Waals surface area contributed by atoms with E-state index in [1.807, 2.05) is 30.3 Å². The quantitative estimate of drug-likeness (QED) is 0.814. The number of nitrogens with one attached hydrogen (secondary N) is 1. The van der Waals surface area contributed by atoms with Gasteiger partial charge in [-0.15, -0.1) is 0 Å². The topological polar surface area (TPSA) is 45.2 Å². The number of hydrogen-bond acceptors (Lipinski definition) is 3. The minimum absolute atomic E-state index is 0.0485. The number of carbonyl (C=O) groups excluding carboxylic acids is 1.